The van der Waals surface area contributed by atoms with Crippen molar-refractivity contribution in [3.63, 3.8) is 0 Å². The fraction of sp³-hybridized carbons (Fsp3) is 0.0714. The Bertz CT molecular complexity index is 2720. The van der Waals surface area contributed by atoms with Gasteiger partial charge in [-0.3, -0.25) is 0 Å². The number of nitrogens with zero attached hydrogens (tertiary/aromatic N) is 1. The van der Waals surface area contributed by atoms with Crippen LogP contribution in [0.4, 0.5) is 11.4 Å². The Hall–Kier alpha value is -6.96. The smallest absolute Gasteiger partial charge is 0.0725 e. The summed E-state index contributed by atoms with van der Waals surface area (Å²) in [5.74, 6) is 0. The lowest BCUT2D eigenvalue weighted by molar-refractivity contribution is 0.792. The van der Waals surface area contributed by atoms with Gasteiger partial charge in [0.15, 0.2) is 0 Å². The number of rotatable bonds is 8. The number of fused-ring (bicyclic) bond motifs is 6. The molecule has 1 nitrogen and oxygen atoms in total. The molecule has 0 radical (unpaired) electrons. The van der Waals surface area contributed by atoms with E-state index in [1.54, 1.807) is 0 Å². The van der Waals surface area contributed by atoms with E-state index in [9.17, 15) is 0 Å². The molecule has 0 amide bonds. The summed E-state index contributed by atoms with van der Waals surface area (Å²) in [6.07, 6.45) is 6.55. The zero-order chi connectivity index (χ0) is 38.8. The van der Waals surface area contributed by atoms with E-state index in [1.807, 2.05) is 13.8 Å². The summed E-state index contributed by atoms with van der Waals surface area (Å²) in [6, 6.07) is 73.2. The van der Waals surface area contributed by atoms with Crippen molar-refractivity contribution >= 4 is 16.9 Å². The number of anilines is 2. The highest BCUT2D eigenvalue weighted by molar-refractivity contribution is 5.99. The standard InChI is InChI=1S/C54H39N.C2H6/c1-2-15-43(39-18-8-4-9-19-39)37-55(45-31-26-40(27-32-45)38-16-6-3-7-17-38)46-33-28-41(29-34-46)42-30-35-48-50-24-14-23-49-47-22-12-13-25-51(47)54(53(49)50,52(48)36-42)44-20-10-5-11-21-44;1-2/h2-37H,1H3;1-2H3/b15-2-,43-37+;. The Kier molecular flexibility index (Phi) is 9.58. The molecule has 8 aromatic rings. The first-order valence-corrected chi connectivity index (χ1v) is 20.1. The second-order valence-corrected chi connectivity index (χ2v) is 14.4. The summed E-state index contributed by atoms with van der Waals surface area (Å²) in [7, 11) is 0. The molecule has 8 aromatic carbocycles. The highest BCUT2D eigenvalue weighted by atomic mass is 15.1. The van der Waals surface area contributed by atoms with Gasteiger partial charge in [-0.05, 0) is 115 Å². The Morgan fingerprint density at radius 3 is 1.56 bits per heavy atom. The third-order valence-corrected chi connectivity index (χ3v) is 11.4. The maximum atomic E-state index is 2.46. The van der Waals surface area contributed by atoms with E-state index in [4.69, 9.17) is 0 Å². The van der Waals surface area contributed by atoms with Crippen molar-refractivity contribution in [2.75, 3.05) is 4.90 Å². The van der Waals surface area contributed by atoms with Crippen LogP contribution >= 0.6 is 0 Å². The Labute approximate surface area is 337 Å². The topological polar surface area (TPSA) is 3.24 Å². The first kappa shape index (κ1) is 35.7. The molecule has 0 spiro atoms. The van der Waals surface area contributed by atoms with Crippen LogP contribution < -0.4 is 4.90 Å². The van der Waals surface area contributed by atoms with Crippen LogP contribution in [0.3, 0.4) is 0 Å². The molecule has 2 aliphatic carbocycles. The lowest BCUT2D eigenvalue weighted by atomic mass is 9.70. The molecule has 0 aromatic heterocycles. The van der Waals surface area contributed by atoms with E-state index in [0.29, 0.717) is 0 Å². The SMILES string of the molecule is C/C=C\C(=C/N(c1ccc(-c2ccccc2)cc1)c1ccc(-c2ccc3c(c2)C2(c4ccccc4)c4ccccc4-c4cccc-3c42)cc1)c1ccccc1.CC. The Balaban J connectivity index is 0.00000208. The minimum absolute atomic E-state index is 0.358. The first-order valence-electron chi connectivity index (χ1n) is 20.1. The zero-order valence-corrected chi connectivity index (χ0v) is 32.7. The van der Waals surface area contributed by atoms with E-state index in [1.165, 1.54) is 72.3 Å². The highest BCUT2D eigenvalue weighted by Gasteiger charge is 2.52. The molecule has 0 heterocycles. The summed E-state index contributed by atoms with van der Waals surface area (Å²) in [4.78, 5) is 2.31. The van der Waals surface area contributed by atoms with Gasteiger partial charge in [-0.1, -0.05) is 196 Å². The van der Waals surface area contributed by atoms with Gasteiger partial charge in [-0.25, -0.2) is 0 Å². The van der Waals surface area contributed by atoms with Crippen molar-refractivity contribution in [3.8, 4) is 44.5 Å². The monoisotopic (exact) mass is 731 g/mol. The second-order valence-electron chi connectivity index (χ2n) is 14.4. The maximum Gasteiger partial charge on any atom is 0.0725 e. The van der Waals surface area contributed by atoms with Crippen molar-refractivity contribution in [1.29, 1.82) is 0 Å². The van der Waals surface area contributed by atoms with Gasteiger partial charge in [0.25, 0.3) is 0 Å². The molecule has 2 aliphatic rings. The van der Waals surface area contributed by atoms with E-state index in [0.717, 1.165) is 16.9 Å². The summed E-state index contributed by atoms with van der Waals surface area (Å²) in [6.45, 7) is 6.08. The minimum Gasteiger partial charge on any atom is -0.317 e. The van der Waals surface area contributed by atoms with E-state index in [2.05, 4.69) is 230 Å². The fourth-order valence-corrected chi connectivity index (χ4v) is 9.00. The number of benzene rings is 8. The summed E-state index contributed by atoms with van der Waals surface area (Å²) in [5.41, 5.74) is 19.8. The van der Waals surface area contributed by atoms with Crippen LogP contribution in [0.1, 0.15) is 48.6 Å². The van der Waals surface area contributed by atoms with Gasteiger partial charge < -0.3 is 4.90 Å². The van der Waals surface area contributed by atoms with Crippen LogP contribution in [0, 0.1) is 0 Å². The van der Waals surface area contributed by atoms with Crippen LogP contribution in [-0.4, -0.2) is 0 Å². The van der Waals surface area contributed by atoms with Gasteiger partial charge in [0.2, 0.25) is 0 Å². The minimum atomic E-state index is -0.358. The van der Waals surface area contributed by atoms with E-state index < -0.39 is 0 Å². The summed E-state index contributed by atoms with van der Waals surface area (Å²) >= 11 is 0. The molecule has 0 bridgehead atoms. The third-order valence-electron chi connectivity index (χ3n) is 11.4. The zero-order valence-electron chi connectivity index (χ0n) is 32.7. The number of allylic oxidation sites excluding steroid dienone is 3. The largest absolute Gasteiger partial charge is 0.317 e. The van der Waals surface area contributed by atoms with Crippen molar-refractivity contribution in [2.24, 2.45) is 0 Å². The maximum absolute atomic E-state index is 2.46. The predicted molar refractivity (Wildman–Crippen MR) is 243 cm³/mol. The van der Waals surface area contributed by atoms with Crippen molar-refractivity contribution in [1.82, 2.24) is 0 Å². The summed E-state index contributed by atoms with van der Waals surface area (Å²) < 4.78 is 0. The molecule has 1 atom stereocenters. The lowest BCUT2D eigenvalue weighted by Gasteiger charge is -2.31. The second kappa shape index (κ2) is 15.3. The molecule has 0 fully saturated rings. The van der Waals surface area contributed by atoms with Crippen molar-refractivity contribution in [2.45, 2.75) is 26.2 Å². The molecule has 1 unspecified atom stereocenters. The van der Waals surface area contributed by atoms with Crippen LogP contribution in [0.15, 0.2) is 219 Å². The van der Waals surface area contributed by atoms with Gasteiger partial charge >= 0.3 is 0 Å². The molecule has 57 heavy (non-hydrogen) atoms. The Morgan fingerprint density at radius 1 is 0.439 bits per heavy atom. The Morgan fingerprint density at radius 2 is 0.930 bits per heavy atom. The average molecular weight is 732 g/mol. The van der Waals surface area contributed by atoms with Crippen molar-refractivity contribution < 1.29 is 0 Å². The van der Waals surface area contributed by atoms with Crippen LogP contribution in [0.5, 0.6) is 0 Å². The molecule has 0 aliphatic heterocycles. The fourth-order valence-electron chi connectivity index (χ4n) is 9.00. The quantitative estimate of drug-likeness (QED) is 0.141. The van der Waals surface area contributed by atoms with Gasteiger partial charge in [0.05, 0.1) is 5.41 Å². The van der Waals surface area contributed by atoms with E-state index in [-0.39, 0.29) is 5.41 Å². The molecule has 0 N–H and O–H groups in total. The van der Waals surface area contributed by atoms with Gasteiger partial charge in [0.1, 0.15) is 0 Å². The molecule has 274 valence electrons. The molecule has 1 heteroatoms. The van der Waals surface area contributed by atoms with Gasteiger partial charge in [-0.15, -0.1) is 0 Å². The normalized spacial score (nSPS) is 14.7. The van der Waals surface area contributed by atoms with Gasteiger partial charge in [0, 0.05) is 17.6 Å². The molecule has 10 rings (SSSR count). The number of hydrogen-bond donors (Lipinski definition) is 0. The first-order chi connectivity index (χ1) is 28.2. The van der Waals surface area contributed by atoms with Crippen LogP contribution in [0.25, 0.3) is 50.1 Å². The summed E-state index contributed by atoms with van der Waals surface area (Å²) in [5, 5.41) is 0. The molecular weight excluding hydrogens is 687 g/mol. The average Bonchev–Trinajstić information content (AvgIpc) is 3.77. The van der Waals surface area contributed by atoms with Crippen LogP contribution in [-0.2, 0) is 5.41 Å². The van der Waals surface area contributed by atoms with Crippen molar-refractivity contribution in [3.05, 3.63) is 246 Å². The predicted octanol–water partition coefficient (Wildman–Crippen LogP) is 15.1. The van der Waals surface area contributed by atoms with Gasteiger partial charge in [-0.2, -0.15) is 0 Å². The van der Waals surface area contributed by atoms with Crippen LogP contribution in [0.2, 0.25) is 0 Å². The van der Waals surface area contributed by atoms with E-state index >= 15 is 0 Å². The highest BCUT2D eigenvalue weighted by Crippen LogP contribution is 2.64. The molecule has 0 saturated heterocycles. The lowest BCUT2D eigenvalue weighted by Crippen LogP contribution is -2.26. The molecular formula is C56H45N. The number of hydrogen-bond acceptors (Lipinski definition) is 1. The molecule has 0 saturated carbocycles. The third kappa shape index (κ3) is 6.04.